The summed E-state index contributed by atoms with van der Waals surface area (Å²) in [5.74, 6) is 0. The predicted molar refractivity (Wildman–Crippen MR) is 228 cm³/mol. The normalized spacial score (nSPS) is 12.2. The largest absolute Gasteiger partial charge is 0.456 e. The van der Waals surface area contributed by atoms with Gasteiger partial charge in [-0.3, -0.25) is 0 Å². The Kier molecular flexibility index (Phi) is 6.53. The number of para-hydroxylation sites is 2. The van der Waals surface area contributed by atoms with Gasteiger partial charge in [-0.15, -0.1) is 11.3 Å². The average molecular weight is 699 g/mol. The number of furan rings is 1. The van der Waals surface area contributed by atoms with Crippen LogP contribution in [0.4, 0.5) is 17.1 Å². The smallest absolute Gasteiger partial charge is 0.211 e. The van der Waals surface area contributed by atoms with Gasteiger partial charge in [0.2, 0.25) is 7.28 Å². The summed E-state index contributed by atoms with van der Waals surface area (Å²) in [4.78, 5) is 2.12. The van der Waals surface area contributed by atoms with Gasteiger partial charge < -0.3 is 19.2 Å². The number of nitrogens with zero attached hydrogens (tertiary/aromatic N) is 2. The molecule has 10 aromatic rings. The zero-order chi connectivity index (χ0) is 35.4. The third-order valence-electron chi connectivity index (χ3n) is 10.9. The minimum absolute atomic E-state index is 0.868. The summed E-state index contributed by atoms with van der Waals surface area (Å²) in [6.07, 6.45) is 0. The first-order valence-corrected chi connectivity index (χ1v) is 18.9. The molecule has 1 aliphatic rings. The molecule has 0 bridgehead atoms. The number of aromatic nitrogens is 1. The van der Waals surface area contributed by atoms with Crippen molar-refractivity contribution in [3.05, 3.63) is 145 Å². The van der Waals surface area contributed by atoms with Gasteiger partial charge in [0.25, 0.3) is 0 Å². The molecule has 6 heteroatoms. The molecule has 3 aromatic heterocycles. The minimum Gasteiger partial charge on any atom is -0.456 e. The van der Waals surface area contributed by atoms with Gasteiger partial charge in [0.1, 0.15) is 11.2 Å². The van der Waals surface area contributed by atoms with Gasteiger partial charge in [0, 0.05) is 74.2 Å². The molecule has 11 rings (SSSR count). The molecule has 0 unspecified atom stereocenters. The number of fused-ring (bicyclic) bond motifs is 10. The Bertz CT molecular complexity index is 3100. The van der Waals surface area contributed by atoms with Crippen molar-refractivity contribution in [1.29, 1.82) is 0 Å². The van der Waals surface area contributed by atoms with Gasteiger partial charge in [-0.1, -0.05) is 78.9 Å². The first-order valence-electron chi connectivity index (χ1n) is 18.0. The van der Waals surface area contributed by atoms with Crippen LogP contribution in [0.15, 0.2) is 144 Å². The van der Waals surface area contributed by atoms with Gasteiger partial charge in [-0.05, 0) is 94.0 Å². The highest BCUT2D eigenvalue weighted by atomic mass is 32.1. The molecule has 1 radical (unpaired) electrons. The van der Waals surface area contributed by atoms with Crippen LogP contribution in [0.5, 0.6) is 0 Å². The molecule has 1 aliphatic heterocycles. The number of hydrogen-bond acceptors (Lipinski definition) is 4. The molecular weight excluding hydrogens is 665 g/mol. The van der Waals surface area contributed by atoms with E-state index in [4.69, 9.17) is 4.42 Å². The molecule has 0 saturated heterocycles. The zero-order valence-electron chi connectivity index (χ0n) is 29.6. The van der Waals surface area contributed by atoms with Gasteiger partial charge in [-0.25, -0.2) is 0 Å². The molecule has 0 atom stereocenters. The summed E-state index contributed by atoms with van der Waals surface area (Å²) in [6.45, 7) is 2.27. The van der Waals surface area contributed by atoms with E-state index in [1.54, 1.807) is 0 Å². The highest BCUT2D eigenvalue weighted by Crippen LogP contribution is 2.44. The van der Waals surface area contributed by atoms with E-state index < -0.39 is 0 Å². The first kappa shape index (κ1) is 30.4. The fourth-order valence-electron chi connectivity index (χ4n) is 8.46. The highest BCUT2D eigenvalue weighted by Gasteiger charge is 2.30. The van der Waals surface area contributed by atoms with E-state index >= 15 is 0 Å². The summed E-state index contributed by atoms with van der Waals surface area (Å²) in [5, 5.41) is 9.93. The fourth-order valence-corrected chi connectivity index (χ4v) is 9.57. The maximum Gasteiger partial charge on any atom is 0.211 e. The molecule has 53 heavy (non-hydrogen) atoms. The van der Waals surface area contributed by atoms with Crippen molar-refractivity contribution >= 4 is 99.7 Å². The van der Waals surface area contributed by atoms with Gasteiger partial charge in [0.05, 0.1) is 16.9 Å². The van der Waals surface area contributed by atoms with E-state index in [0.29, 0.717) is 0 Å². The van der Waals surface area contributed by atoms with E-state index in [2.05, 4.69) is 177 Å². The SMILES string of the molecule is Cc1cc(-c2cc3c(cc2Nc2ccc(N(C)C)cc2)oc2ccccc23)c2c3c1c1ccccc1n3-c1c(sc3ccc(-c4ccccc4)cc13)[B]2. The molecule has 0 spiro atoms. The molecule has 0 saturated carbocycles. The third kappa shape index (κ3) is 4.55. The quantitative estimate of drug-likeness (QED) is 0.182. The van der Waals surface area contributed by atoms with Gasteiger partial charge >= 0.3 is 0 Å². The van der Waals surface area contributed by atoms with E-state index in [1.807, 2.05) is 17.4 Å². The molecule has 7 aromatic carbocycles. The van der Waals surface area contributed by atoms with Crippen LogP contribution in [-0.4, -0.2) is 25.9 Å². The summed E-state index contributed by atoms with van der Waals surface area (Å²) in [7, 11) is 6.59. The molecule has 251 valence electrons. The van der Waals surface area contributed by atoms with Crippen LogP contribution in [0.3, 0.4) is 0 Å². The topological polar surface area (TPSA) is 33.3 Å². The number of benzene rings is 7. The Hall–Kier alpha value is -6.24. The lowest BCUT2D eigenvalue weighted by Crippen LogP contribution is -2.35. The first-order chi connectivity index (χ1) is 26.0. The van der Waals surface area contributed by atoms with Crippen LogP contribution in [0.2, 0.25) is 0 Å². The minimum atomic E-state index is 0.868. The number of aryl methyl sites for hydroxylation is 1. The number of rotatable bonds is 5. The number of thiophene rings is 1. The standard InChI is InChI=1S/C47H33BN3OS/c1-27-23-36(34-25-35-32-13-8-10-16-40(32)52-41(35)26-38(34)49-30-18-20-31(21-19-30)50(2)3)44-46-43(27)33-14-7-9-15-39(33)51(46)45-37-24-29(28-11-5-4-6-12-28)17-22-42(37)53-47(45)48-44/h4-26,49H,1-3H3. The summed E-state index contributed by atoms with van der Waals surface area (Å²) in [6, 6.07) is 50.4. The third-order valence-corrected chi connectivity index (χ3v) is 12.0. The Morgan fingerprint density at radius 2 is 1.43 bits per heavy atom. The van der Waals surface area contributed by atoms with E-state index in [9.17, 15) is 0 Å². The van der Waals surface area contributed by atoms with Crippen LogP contribution in [0, 0.1) is 6.92 Å². The molecule has 0 aliphatic carbocycles. The van der Waals surface area contributed by atoms with Crippen molar-refractivity contribution in [2.75, 3.05) is 24.3 Å². The lowest BCUT2D eigenvalue weighted by atomic mass is 9.62. The zero-order valence-corrected chi connectivity index (χ0v) is 30.4. The second-order valence-electron chi connectivity index (χ2n) is 14.3. The molecule has 4 nitrogen and oxygen atoms in total. The monoisotopic (exact) mass is 698 g/mol. The van der Waals surface area contributed by atoms with Crippen LogP contribution in [0.25, 0.3) is 81.8 Å². The Morgan fingerprint density at radius 3 is 2.26 bits per heavy atom. The van der Waals surface area contributed by atoms with E-state index in [-0.39, 0.29) is 0 Å². The van der Waals surface area contributed by atoms with Crippen LogP contribution in [0.1, 0.15) is 5.56 Å². The molecule has 4 heterocycles. The Morgan fingerprint density at radius 1 is 0.660 bits per heavy atom. The molecule has 1 N–H and O–H groups in total. The maximum absolute atomic E-state index is 6.46. The van der Waals surface area contributed by atoms with Gasteiger partial charge in [-0.2, -0.15) is 0 Å². The Labute approximate surface area is 311 Å². The number of anilines is 3. The predicted octanol–water partition coefficient (Wildman–Crippen LogP) is 11.3. The second-order valence-corrected chi connectivity index (χ2v) is 15.4. The molecule has 0 fully saturated rings. The number of nitrogens with one attached hydrogen (secondary N) is 1. The van der Waals surface area contributed by atoms with Crippen LogP contribution >= 0.6 is 11.3 Å². The highest BCUT2D eigenvalue weighted by molar-refractivity contribution is 7.29. The van der Waals surface area contributed by atoms with Crippen molar-refractivity contribution < 1.29 is 4.42 Å². The number of hydrogen-bond donors (Lipinski definition) is 1. The van der Waals surface area contributed by atoms with Crippen molar-refractivity contribution in [3.8, 4) is 27.9 Å². The van der Waals surface area contributed by atoms with Crippen molar-refractivity contribution in [3.63, 3.8) is 0 Å². The lowest BCUT2D eigenvalue weighted by molar-refractivity contribution is 0.669. The maximum atomic E-state index is 6.46. The van der Waals surface area contributed by atoms with Crippen molar-refractivity contribution in [2.24, 2.45) is 0 Å². The van der Waals surface area contributed by atoms with E-state index in [0.717, 1.165) is 44.6 Å². The summed E-state index contributed by atoms with van der Waals surface area (Å²) in [5.41, 5.74) is 16.0. The fraction of sp³-hybridized carbons (Fsp3) is 0.0638. The van der Waals surface area contributed by atoms with Crippen LogP contribution < -0.4 is 20.5 Å². The van der Waals surface area contributed by atoms with Crippen molar-refractivity contribution in [1.82, 2.24) is 4.57 Å². The Balaban J connectivity index is 1.20. The second kappa shape index (κ2) is 11.4. The molecular formula is C47H33BN3OS. The van der Waals surface area contributed by atoms with Gasteiger partial charge in [0.15, 0.2) is 0 Å². The summed E-state index contributed by atoms with van der Waals surface area (Å²) >= 11 is 1.88. The lowest BCUT2D eigenvalue weighted by Gasteiger charge is -2.23. The van der Waals surface area contributed by atoms with E-state index in [1.165, 1.54) is 70.1 Å². The average Bonchev–Trinajstić information content (AvgIpc) is 3.86. The summed E-state index contributed by atoms with van der Waals surface area (Å²) < 4.78 is 11.6. The molecule has 0 amide bonds. The van der Waals surface area contributed by atoms with Crippen LogP contribution in [-0.2, 0) is 0 Å². The van der Waals surface area contributed by atoms with Crippen molar-refractivity contribution in [2.45, 2.75) is 6.92 Å².